The van der Waals surface area contributed by atoms with Crippen molar-refractivity contribution in [3.8, 4) is 0 Å². The van der Waals surface area contributed by atoms with Crippen LogP contribution in [-0.2, 0) is 23.9 Å². The summed E-state index contributed by atoms with van der Waals surface area (Å²) in [7, 11) is 3.08. The van der Waals surface area contributed by atoms with E-state index >= 15 is 0 Å². The number of nitrogens with one attached hydrogen (secondary N) is 1. The molecule has 1 amide bonds. The molecule has 0 aromatic rings. The summed E-state index contributed by atoms with van der Waals surface area (Å²) in [6.07, 6.45) is 5.38. The van der Waals surface area contributed by atoms with E-state index in [9.17, 15) is 9.59 Å². The Morgan fingerprint density at radius 1 is 1.52 bits per heavy atom. The van der Waals surface area contributed by atoms with Crippen molar-refractivity contribution in [3.05, 3.63) is 24.0 Å². The zero-order valence-corrected chi connectivity index (χ0v) is 12.0. The summed E-state index contributed by atoms with van der Waals surface area (Å²) in [6, 6.07) is 0. The molecule has 0 aromatic heterocycles. The van der Waals surface area contributed by atoms with E-state index < -0.39 is 5.60 Å². The van der Waals surface area contributed by atoms with Crippen LogP contribution in [0.3, 0.4) is 0 Å². The molecule has 7 nitrogen and oxygen atoms in total. The number of amides is 1. The fourth-order valence-corrected chi connectivity index (χ4v) is 2.04. The molecule has 0 fully saturated rings. The highest BCUT2D eigenvalue weighted by Gasteiger charge is 2.46. The molecule has 0 aromatic carbocycles. The van der Waals surface area contributed by atoms with E-state index in [1.54, 1.807) is 19.3 Å². The maximum Gasteiger partial charge on any atom is 0.269 e. The van der Waals surface area contributed by atoms with Crippen LogP contribution in [0, 0.1) is 0 Å². The van der Waals surface area contributed by atoms with Crippen molar-refractivity contribution in [1.29, 1.82) is 0 Å². The maximum atomic E-state index is 12.1. The highest BCUT2D eigenvalue weighted by atomic mass is 16.7. The molecule has 2 aliphatic rings. The molecule has 7 heteroatoms. The number of oxime groups is 1. The van der Waals surface area contributed by atoms with Gasteiger partial charge in [0.25, 0.3) is 5.91 Å². The van der Waals surface area contributed by atoms with E-state index in [1.165, 1.54) is 13.2 Å². The number of ether oxygens (including phenoxy) is 2. The van der Waals surface area contributed by atoms with Crippen LogP contribution < -0.4 is 5.32 Å². The highest BCUT2D eigenvalue weighted by molar-refractivity contribution is 6.40. The molecule has 0 radical (unpaired) electrons. The van der Waals surface area contributed by atoms with Crippen LogP contribution in [-0.4, -0.2) is 50.4 Å². The standard InChI is InChI=1S/C14H18N2O5/c1-19-7-3-6-15-13(18)11-9-14(21-16-11)5-4-10(20-2)8-12(14)17/h4-5,8H,3,6-7,9H2,1-2H3,(H,15,18). The van der Waals surface area contributed by atoms with Crippen LogP contribution in [0.2, 0.25) is 0 Å². The fraction of sp³-hybridized carbons (Fsp3) is 0.500. The molecule has 1 N–H and O–H groups in total. The van der Waals surface area contributed by atoms with E-state index in [1.807, 2.05) is 0 Å². The Bertz CT molecular complexity index is 523. The zero-order chi connectivity index (χ0) is 15.3. The lowest BCUT2D eigenvalue weighted by atomic mass is 9.88. The van der Waals surface area contributed by atoms with E-state index in [4.69, 9.17) is 14.3 Å². The van der Waals surface area contributed by atoms with Crippen LogP contribution >= 0.6 is 0 Å². The van der Waals surface area contributed by atoms with Crippen LogP contribution in [0.4, 0.5) is 0 Å². The average molecular weight is 294 g/mol. The van der Waals surface area contributed by atoms with Gasteiger partial charge in [0.2, 0.25) is 11.4 Å². The van der Waals surface area contributed by atoms with E-state index in [0.717, 1.165) is 0 Å². The van der Waals surface area contributed by atoms with Crippen molar-refractivity contribution in [2.75, 3.05) is 27.4 Å². The molecule has 21 heavy (non-hydrogen) atoms. The van der Waals surface area contributed by atoms with Crippen molar-refractivity contribution >= 4 is 17.4 Å². The Morgan fingerprint density at radius 2 is 2.33 bits per heavy atom. The number of carbonyl (C=O) groups excluding carboxylic acids is 2. The summed E-state index contributed by atoms with van der Waals surface area (Å²) in [6.45, 7) is 1.05. The third-order valence-electron chi connectivity index (χ3n) is 3.26. The van der Waals surface area contributed by atoms with Crippen LogP contribution in [0.25, 0.3) is 0 Å². The van der Waals surface area contributed by atoms with Gasteiger partial charge in [0.05, 0.1) is 13.5 Å². The summed E-state index contributed by atoms with van der Waals surface area (Å²) >= 11 is 0. The largest absolute Gasteiger partial charge is 0.497 e. The number of allylic oxidation sites excluding steroid dienone is 1. The van der Waals surface area contributed by atoms with Gasteiger partial charge in [-0.1, -0.05) is 5.16 Å². The maximum absolute atomic E-state index is 12.1. The molecule has 1 heterocycles. The number of ketones is 1. The van der Waals surface area contributed by atoms with Crippen molar-refractivity contribution in [3.63, 3.8) is 0 Å². The van der Waals surface area contributed by atoms with Gasteiger partial charge in [0, 0.05) is 26.3 Å². The fourth-order valence-electron chi connectivity index (χ4n) is 2.04. The third kappa shape index (κ3) is 3.30. The molecule has 1 aliphatic heterocycles. The van der Waals surface area contributed by atoms with E-state index in [0.29, 0.717) is 25.3 Å². The van der Waals surface area contributed by atoms with Crippen molar-refractivity contribution < 1.29 is 23.9 Å². The van der Waals surface area contributed by atoms with Crippen molar-refractivity contribution in [2.45, 2.75) is 18.4 Å². The minimum Gasteiger partial charge on any atom is -0.497 e. The minimum absolute atomic E-state index is 0.117. The smallest absolute Gasteiger partial charge is 0.269 e. The van der Waals surface area contributed by atoms with Gasteiger partial charge < -0.3 is 19.6 Å². The Hall–Kier alpha value is -2.15. The molecular formula is C14H18N2O5. The Kier molecular flexibility index (Phi) is 4.74. The quantitative estimate of drug-likeness (QED) is 0.713. The SMILES string of the molecule is COCCCNC(=O)C1=NOC2(C=CC(OC)=CC2=O)C1. The monoisotopic (exact) mass is 294 g/mol. The highest BCUT2D eigenvalue weighted by Crippen LogP contribution is 2.31. The molecular weight excluding hydrogens is 276 g/mol. The molecule has 1 unspecified atom stereocenters. The normalized spacial score (nSPS) is 23.6. The van der Waals surface area contributed by atoms with Gasteiger partial charge in [-0.05, 0) is 18.6 Å². The van der Waals surface area contributed by atoms with Gasteiger partial charge in [-0.25, -0.2) is 0 Å². The summed E-state index contributed by atoms with van der Waals surface area (Å²) in [5, 5.41) is 6.45. The van der Waals surface area contributed by atoms with Gasteiger partial charge in [-0.3, -0.25) is 9.59 Å². The third-order valence-corrected chi connectivity index (χ3v) is 3.26. The molecule has 0 bridgehead atoms. The molecule has 1 atom stereocenters. The summed E-state index contributed by atoms with van der Waals surface area (Å²) in [5.74, 6) is -0.162. The van der Waals surface area contributed by atoms with E-state index in [2.05, 4.69) is 10.5 Å². The molecule has 0 saturated heterocycles. The second-order valence-electron chi connectivity index (χ2n) is 4.75. The number of rotatable bonds is 6. The van der Waals surface area contributed by atoms with Crippen LogP contribution in [0.1, 0.15) is 12.8 Å². The second kappa shape index (κ2) is 6.53. The predicted molar refractivity (Wildman–Crippen MR) is 74.6 cm³/mol. The lowest BCUT2D eigenvalue weighted by Gasteiger charge is -2.22. The first kappa shape index (κ1) is 15.2. The number of nitrogens with zero attached hydrogens (tertiary/aromatic N) is 1. The van der Waals surface area contributed by atoms with Crippen LogP contribution in [0.5, 0.6) is 0 Å². The first-order chi connectivity index (χ1) is 10.1. The topological polar surface area (TPSA) is 86.2 Å². The number of hydrogen-bond donors (Lipinski definition) is 1. The summed E-state index contributed by atoms with van der Waals surface area (Å²) in [4.78, 5) is 29.2. The van der Waals surface area contributed by atoms with E-state index in [-0.39, 0.29) is 23.8 Å². The Labute approximate surface area is 122 Å². The first-order valence-electron chi connectivity index (χ1n) is 6.63. The number of carbonyl (C=O) groups is 2. The first-order valence-corrected chi connectivity index (χ1v) is 6.63. The molecule has 1 spiro atoms. The average Bonchev–Trinajstić information content (AvgIpc) is 2.92. The molecule has 0 saturated carbocycles. The lowest BCUT2D eigenvalue weighted by Crippen LogP contribution is -2.40. The predicted octanol–water partition coefficient (Wildman–Crippen LogP) is 0.323. The van der Waals surface area contributed by atoms with Gasteiger partial charge >= 0.3 is 0 Å². The molecule has 1 aliphatic carbocycles. The van der Waals surface area contributed by atoms with Crippen molar-refractivity contribution in [2.24, 2.45) is 5.16 Å². The van der Waals surface area contributed by atoms with Gasteiger partial charge in [0.15, 0.2) is 0 Å². The Morgan fingerprint density at radius 3 is 3.00 bits per heavy atom. The number of hydrogen-bond acceptors (Lipinski definition) is 6. The summed E-state index contributed by atoms with van der Waals surface area (Å²) in [5.41, 5.74) is -0.999. The van der Waals surface area contributed by atoms with Crippen molar-refractivity contribution in [1.82, 2.24) is 5.32 Å². The Balaban J connectivity index is 1.91. The van der Waals surface area contributed by atoms with Gasteiger partial charge in [0.1, 0.15) is 11.5 Å². The zero-order valence-electron chi connectivity index (χ0n) is 12.0. The van der Waals surface area contributed by atoms with Crippen LogP contribution in [0.15, 0.2) is 29.1 Å². The van der Waals surface area contributed by atoms with Gasteiger partial charge in [-0.2, -0.15) is 0 Å². The summed E-state index contributed by atoms with van der Waals surface area (Å²) < 4.78 is 9.88. The molecule has 2 rings (SSSR count). The van der Waals surface area contributed by atoms with Gasteiger partial charge in [-0.15, -0.1) is 0 Å². The molecule has 114 valence electrons. The number of methoxy groups -OCH3 is 2. The lowest BCUT2D eigenvalue weighted by molar-refractivity contribution is -0.131. The second-order valence-corrected chi connectivity index (χ2v) is 4.75. The minimum atomic E-state index is -1.21.